The summed E-state index contributed by atoms with van der Waals surface area (Å²) in [5.41, 5.74) is 6.96. The van der Waals surface area contributed by atoms with Gasteiger partial charge in [0.2, 0.25) is 0 Å². The third-order valence-corrected chi connectivity index (χ3v) is 3.36. The van der Waals surface area contributed by atoms with Gasteiger partial charge in [-0.15, -0.1) is 0 Å². The summed E-state index contributed by atoms with van der Waals surface area (Å²) in [4.78, 5) is 4.00. The minimum atomic E-state index is 0.354. The van der Waals surface area contributed by atoms with E-state index in [1.54, 1.807) is 12.4 Å². The summed E-state index contributed by atoms with van der Waals surface area (Å²) in [6.07, 6.45) is 8.92. The quantitative estimate of drug-likeness (QED) is 0.845. The van der Waals surface area contributed by atoms with Gasteiger partial charge in [0.15, 0.2) is 0 Å². The van der Waals surface area contributed by atoms with Crippen LogP contribution in [0.5, 0.6) is 0 Å². The predicted molar refractivity (Wildman–Crippen MR) is 63.8 cm³/mol. The Hall–Kier alpha value is -0.930. The fraction of sp³-hybridized carbons (Fsp3) is 0.615. The summed E-state index contributed by atoms with van der Waals surface area (Å²) in [5, 5.41) is 0. The Morgan fingerprint density at radius 3 is 2.75 bits per heavy atom. The molecule has 16 heavy (non-hydrogen) atoms. The van der Waals surface area contributed by atoms with Crippen molar-refractivity contribution in [2.75, 3.05) is 6.54 Å². The molecule has 1 heterocycles. The first-order valence-corrected chi connectivity index (χ1v) is 6.10. The molecule has 0 aliphatic heterocycles. The highest BCUT2D eigenvalue weighted by Gasteiger charge is 2.24. The summed E-state index contributed by atoms with van der Waals surface area (Å²) >= 11 is 0. The average molecular weight is 220 g/mol. The molecule has 2 atom stereocenters. The van der Waals surface area contributed by atoms with Gasteiger partial charge in [0.05, 0.1) is 12.7 Å². The molecule has 2 N–H and O–H groups in total. The SMILES string of the molecule is NCC1CCCCC1OCc1ccncc1. The number of ether oxygens (including phenoxy) is 1. The van der Waals surface area contributed by atoms with E-state index in [1.807, 2.05) is 12.1 Å². The highest BCUT2D eigenvalue weighted by molar-refractivity contribution is 5.08. The maximum absolute atomic E-state index is 5.96. The molecule has 0 radical (unpaired) electrons. The number of hydrogen-bond acceptors (Lipinski definition) is 3. The molecule has 3 heteroatoms. The number of nitrogens with two attached hydrogens (primary N) is 1. The number of hydrogen-bond donors (Lipinski definition) is 1. The molecule has 1 aliphatic rings. The second kappa shape index (κ2) is 5.97. The van der Waals surface area contributed by atoms with Crippen molar-refractivity contribution in [2.45, 2.75) is 38.4 Å². The molecule has 1 fully saturated rings. The Morgan fingerprint density at radius 1 is 1.25 bits per heavy atom. The Balaban J connectivity index is 1.84. The standard InChI is InChI=1S/C13H20N2O/c14-9-12-3-1-2-4-13(12)16-10-11-5-7-15-8-6-11/h5-8,12-13H,1-4,9-10,14H2. The Morgan fingerprint density at radius 2 is 2.00 bits per heavy atom. The molecule has 1 saturated carbocycles. The number of nitrogens with zero attached hydrogens (tertiary/aromatic N) is 1. The van der Waals surface area contributed by atoms with Crippen molar-refractivity contribution < 1.29 is 4.74 Å². The summed E-state index contributed by atoms with van der Waals surface area (Å²) in [6.45, 7) is 1.44. The van der Waals surface area contributed by atoms with Gasteiger partial charge in [-0.05, 0) is 43.0 Å². The summed E-state index contributed by atoms with van der Waals surface area (Å²) in [7, 11) is 0. The van der Waals surface area contributed by atoms with Gasteiger partial charge in [0, 0.05) is 12.4 Å². The van der Waals surface area contributed by atoms with Crippen LogP contribution in [0.15, 0.2) is 24.5 Å². The lowest BCUT2D eigenvalue weighted by atomic mass is 9.86. The van der Waals surface area contributed by atoms with Crippen LogP contribution in [0.1, 0.15) is 31.2 Å². The van der Waals surface area contributed by atoms with Crippen LogP contribution in [0.25, 0.3) is 0 Å². The summed E-state index contributed by atoms with van der Waals surface area (Å²) in [5.74, 6) is 0.551. The van der Waals surface area contributed by atoms with E-state index < -0.39 is 0 Å². The van der Waals surface area contributed by atoms with Gasteiger partial charge in [-0.1, -0.05) is 12.8 Å². The zero-order valence-corrected chi connectivity index (χ0v) is 9.64. The fourth-order valence-corrected chi connectivity index (χ4v) is 2.34. The molecule has 0 bridgehead atoms. The van der Waals surface area contributed by atoms with E-state index in [1.165, 1.54) is 24.8 Å². The lowest BCUT2D eigenvalue weighted by Crippen LogP contribution is -2.33. The first kappa shape index (κ1) is 11.6. The van der Waals surface area contributed by atoms with Gasteiger partial charge in [-0.25, -0.2) is 0 Å². The first-order chi connectivity index (χ1) is 7.90. The minimum absolute atomic E-state index is 0.354. The summed E-state index contributed by atoms with van der Waals surface area (Å²) < 4.78 is 5.96. The van der Waals surface area contributed by atoms with E-state index in [0.717, 1.165) is 13.0 Å². The van der Waals surface area contributed by atoms with Crippen LogP contribution in [0.3, 0.4) is 0 Å². The maximum atomic E-state index is 5.96. The van der Waals surface area contributed by atoms with Crippen LogP contribution < -0.4 is 5.73 Å². The lowest BCUT2D eigenvalue weighted by Gasteiger charge is -2.30. The van der Waals surface area contributed by atoms with E-state index in [9.17, 15) is 0 Å². The maximum Gasteiger partial charge on any atom is 0.0721 e. The zero-order valence-electron chi connectivity index (χ0n) is 9.64. The number of pyridine rings is 1. The molecule has 88 valence electrons. The fourth-order valence-electron chi connectivity index (χ4n) is 2.34. The van der Waals surface area contributed by atoms with Crippen molar-refractivity contribution in [1.29, 1.82) is 0 Å². The molecular weight excluding hydrogens is 200 g/mol. The summed E-state index contributed by atoms with van der Waals surface area (Å²) in [6, 6.07) is 4.00. The molecule has 0 spiro atoms. The average Bonchev–Trinajstić information content (AvgIpc) is 2.38. The lowest BCUT2D eigenvalue weighted by molar-refractivity contribution is -0.0183. The van der Waals surface area contributed by atoms with Crippen LogP contribution >= 0.6 is 0 Å². The van der Waals surface area contributed by atoms with Crippen molar-refractivity contribution in [3.8, 4) is 0 Å². The Bertz CT molecular complexity index is 302. The molecule has 0 aromatic carbocycles. The Labute approximate surface area is 97.0 Å². The van der Waals surface area contributed by atoms with Gasteiger partial charge >= 0.3 is 0 Å². The molecule has 2 rings (SSSR count). The van der Waals surface area contributed by atoms with E-state index in [0.29, 0.717) is 18.6 Å². The topological polar surface area (TPSA) is 48.1 Å². The van der Waals surface area contributed by atoms with Crippen LogP contribution in [0.4, 0.5) is 0 Å². The van der Waals surface area contributed by atoms with E-state index in [4.69, 9.17) is 10.5 Å². The molecule has 2 unspecified atom stereocenters. The van der Waals surface area contributed by atoms with E-state index in [-0.39, 0.29) is 0 Å². The molecule has 3 nitrogen and oxygen atoms in total. The van der Waals surface area contributed by atoms with Crippen molar-refractivity contribution in [2.24, 2.45) is 11.7 Å². The second-order valence-corrected chi connectivity index (χ2v) is 4.49. The van der Waals surface area contributed by atoms with Gasteiger partial charge < -0.3 is 10.5 Å². The highest BCUT2D eigenvalue weighted by atomic mass is 16.5. The van der Waals surface area contributed by atoms with Crippen LogP contribution in [-0.2, 0) is 11.3 Å². The third-order valence-electron chi connectivity index (χ3n) is 3.36. The van der Waals surface area contributed by atoms with Crippen LogP contribution in [0.2, 0.25) is 0 Å². The molecule has 1 aromatic rings. The molecular formula is C13H20N2O. The van der Waals surface area contributed by atoms with Crippen LogP contribution in [-0.4, -0.2) is 17.6 Å². The first-order valence-electron chi connectivity index (χ1n) is 6.10. The van der Waals surface area contributed by atoms with Crippen molar-refractivity contribution in [3.63, 3.8) is 0 Å². The van der Waals surface area contributed by atoms with Gasteiger partial charge in [-0.3, -0.25) is 4.98 Å². The number of rotatable bonds is 4. The second-order valence-electron chi connectivity index (χ2n) is 4.49. The van der Waals surface area contributed by atoms with Crippen molar-refractivity contribution >= 4 is 0 Å². The van der Waals surface area contributed by atoms with E-state index >= 15 is 0 Å². The van der Waals surface area contributed by atoms with Gasteiger partial charge in [0.1, 0.15) is 0 Å². The highest BCUT2D eigenvalue weighted by Crippen LogP contribution is 2.26. The van der Waals surface area contributed by atoms with E-state index in [2.05, 4.69) is 4.98 Å². The monoisotopic (exact) mass is 220 g/mol. The van der Waals surface area contributed by atoms with Crippen molar-refractivity contribution in [3.05, 3.63) is 30.1 Å². The minimum Gasteiger partial charge on any atom is -0.373 e. The molecule has 0 saturated heterocycles. The zero-order chi connectivity index (χ0) is 11.2. The molecule has 1 aliphatic carbocycles. The smallest absolute Gasteiger partial charge is 0.0721 e. The molecule has 0 amide bonds. The normalized spacial score (nSPS) is 25.6. The molecule has 1 aromatic heterocycles. The van der Waals surface area contributed by atoms with Crippen LogP contribution in [0, 0.1) is 5.92 Å². The number of aromatic nitrogens is 1. The van der Waals surface area contributed by atoms with Gasteiger partial charge in [0.25, 0.3) is 0 Å². The van der Waals surface area contributed by atoms with Crippen molar-refractivity contribution in [1.82, 2.24) is 4.98 Å². The third kappa shape index (κ3) is 3.03. The Kier molecular flexibility index (Phi) is 4.31. The predicted octanol–water partition coefficient (Wildman–Crippen LogP) is 2.12. The van der Waals surface area contributed by atoms with Gasteiger partial charge in [-0.2, -0.15) is 0 Å². The largest absolute Gasteiger partial charge is 0.373 e.